The van der Waals surface area contributed by atoms with Crippen molar-refractivity contribution in [3.63, 3.8) is 0 Å². The van der Waals surface area contributed by atoms with Crippen LogP contribution in [0.4, 0.5) is 0 Å². The van der Waals surface area contributed by atoms with Gasteiger partial charge >= 0.3 is 0 Å². The van der Waals surface area contributed by atoms with Crippen LogP contribution in [0.15, 0.2) is 0 Å². The first-order valence-electron chi connectivity index (χ1n) is 19.3. The minimum atomic E-state index is 1.04. The second-order valence-corrected chi connectivity index (χ2v) is 13.5. The number of rotatable bonds is 35. The highest BCUT2D eigenvalue weighted by atomic mass is 14.1. The third kappa shape index (κ3) is 34.1. The maximum absolute atomic E-state index is 2.33. The third-order valence-electron chi connectivity index (χ3n) is 9.40. The molecule has 0 radical (unpaired) electrons. The molecule has 39 heavy (non-hydrogen) atoms. The van der Waals surface area contributed by atoms with Crippen LogP contribution in [-0.4, -0.2) is 0 Å². The molecule has 236 valence electrons. The van der Waals surface area contributed by atoms with E-state index in [4.69, 9.17) is 0 Å². The van der Waals surface area contributed by atoms with E-state index in [1.54, 1.807) is 0 Å². The highest BCUT2D eigenvalue weighted by molar-refractivity contribution is 4.62. The van der Waals surface area contributed by atoms with E-state index < -0.39 is 0 Å². The SMILES string of the molecule is CCCCCCCCCCCCCCCCCCCCCCC(CCCCCCCC)CCCCCCCC. The summed E-state index contributed by atoms with van der Waals surface area (Å²) in [5, 5.41) is 0. The lowest BCUT2D eigenvalue weighted by molar-refractivity contribution is 0.365. The molecule has 0 aromatic rings. The molecule has 0 saturated heterocycles. The van der Waals surface area contributed by atoms with Crippen LogP contribution in [0.25, 0.3) is 0 Å². The van der Waals surface area contributed by atoms with Gasteiger partial charge in [0.05, 0.1) is 0 Å². The predicted octanol–water partition coefficient (Wildman–Crippen LogP) is 15.3. The van der Waals surface area contributed by atoms with E-state index in [9.17, 15) is 0 Å². The van der Waals surface area contributed by atoms with Gasteiger partial charge in [-0.3, -0.25) is 0 Å². The van der Waals surface area contributed by atoms with E-state index >= 15 is 0 Å². The van der Waals surface area contributed by atoms with Crippen LogP contribution in [0.1, 0.15) is 245 Å². The van der Waals surface area contributed by atoms with Gasteiger partial charge in [-0.25, -0.2) is 0 Å². The summed E-state index contributed by atoms with van der Waals surface area (Å²) >= 11 is 0. The molecule has 0 aromatic carbocycles. The first kappa shape index (κ1) is 39.0. The van der Waals surface area contributed by atoms with Gasteiger partial charge in [-0.15, -0.1) is 0 Å². The number of unbranched alkanes of at least 4 members (excludes halogenated alkanes) is 29. The van der Waals surface area contributed by atoms with Crippen molar-refractivity contribution >= 4 is 0 Å². The minimum Gasteiger partial charge on any atom is -0.0654 e. The van der Waals surface area contributed by atoms with Crippen molar-refractivity contribution in [1.82, 2.24) is 0 Å². The topological polar surface area (TPSA) is 0 Å². The Balaban J connectivity index is 3.54. The van der Waals surface area contributed by atoms with Gasteiger partial charge in [-0.2, -0.15) is 0 Å². The summed E-state index contributed by atoms with van der Waals surface area (Å²) in [6.07, 6.45) is 51.8. The van der Waals surface area contributed by atoms with Gasteiger partial charge in [0.2, 0.25) is 0 Å². The van der Waals surface area contributed by atoms with Gasteiger partial charge < -0.3 is 0 Å². The Kier molecular flexibility index (Phi) is 36.0. The molecule has 0 atom stereocenters. The monoisotopic (exact) mass is 549 g/mol. The van der Waals surface area contributed by atoms with Gasteiger partial charge in [-0.1, -0.05) is 245 Å². The molecule has 0 fully saturated rings. The smallest absolute Gasteiger partial charge is 0.0414 e. The van der Waals surface area contributed by atoms with Crippen LogP contribution in [0, 0.1) is 5.92 Å². The molecule has 0 N–H and O–H groups in total. The van der Waals surface area contributed by atoms with Gasteiger partial charge in [0.1, 0.15) is 0 Å². The molecule has 0 unspecified atom stereocenters. The Hall–Kier alpha value is 0. The fourth-order valence-electron chi connectivity index (χ4n) is 6.55. The molecule has 0 spiro atoms. The Morgan fingerprint density at radius 1 is 0.205 bits per heavy atom. The van der Waals surface area contributed by atoms with Crippen LogP contribution >= 0.6 is 0 Å². The van der Waals surface area contributed by atoms with Crippen LogP contribution in [0.5, 0.6) is 0 Å². The number of hydrogen-bond donors (Lipinski definition) is 0. The first-order valence-corrected chi connectivity index (χ1v) is 19.3. The van der Waals surface area contributed by atoms with Gasteiger partial charge in [0.25, 0.3) is 0 Å². The van der Waals surface area contributed by atoms with E-state index in [1.165, 1.54) is 225 Å². The Bertz CT molecular complexity index is 383. The fraction of sp³-hybridized carbons (Fsp3) is 1.00. The Morgan fingerprint density at radius 2 is 0.359 bits per heavy atom. The van der Waals surface area contributed by atoms with Gasteiger partial charge in [-0.05, 0) is 5.92 Å². The van der Waals surface area contributed by atoms with Crippen molar-refractivity contribution in [3.8, 4) is 0 Å². The molecular weight excluding hydrogens is 468 g/mol. The van der Waals surface area contributed by atoms with Gasteiger partial charge in [0, 0.05) is 0 Å². The second-order valence-electron chi connectivity index (χ2n) is 13.5. The summed E-state index contributed by atoms with van der Waals surface area (Å²) in [5.41, 5.74) is 0. The lowest BCUT2D eigenvalue weighted by atomic mass is 9.89. The van der Waals surface area contributed by atoms with Gasteiger partial charge in [0.15, 0.2) is 0 Å². The number of hydrogen-bond acceptors (Lipinski definition) is 0. The minimum absolute atomic E-state index is 1.04. The van der Waals surface area contributed by atoms with Crippen LogP contribution in [0.2, 0.25) is 0 Å². The average Bonchev–Trinajstić information content (AvgIpc) is 2.95. The second kappa shape index (κ2) is 36.0. The third-order valence-corrected chi connectivity index (χ3v) is 9.40. The van der Waals surface area contributed by atoms with Crippen LogP contribution in [0.3, 0.4) is 0 Å². The molecule has 0 heterocycles. The molecule has 0 bridgehead atoms. The molecule has 0 aromatic heterocycles. The lowest BCUT2D eigenvalue weighted by Gasteiger charge is -2.17. The van der Waals surface area contributed by atoms with E-state index in [0.29, 0.717) is 0 Å². The standard InChI is InChI=1S/C39H80/c1-4-7-10-13-16-17-18-19-20-21-22-23-24-25-26-27-28-29-32-35-38-39(36-33-30-14-11-8-5-2)37-34-31-15-12-9-6-3/h39H,4-38H2,1-3H3. The zero-order valence-electron chi connectivity index (χ0n) is 28.3. The van der Waals surface area contributed by atoms with E-state index in [0.717, 1.165) is 5.92 Å². The zero-order chi connectivity index (χ0) is 28.3. The highest BCUT2D eigenvalue weighted by Crippen LogP contribution is 2.25. The summed E-state index contributed by atoms with van der Waals surface area (Å²) in [7, 11) is 0. The van der Waals surface area contributed by atoms with E-state index in [1.807, 2.05) is 0 Å². The first-order chi connectivity index (χ1) is 19.3. The van der Waals surface area contributed by atoms with Crippen LogP contribution in [-0.2, 0) is 0 Å². The van der Waals surface area contributed by atoms with Crippen molar-refractivity contribution in [2.75, 3.05) is 0 Å². The molecule has 0 saturated carbocycles. The van der Waals surface area contributed by atoms with Crippen molar-refractivity contribution in [2.45, 2.75) is 245 Å². The predicted molar refractivity (Wildman–Crippen MR) is 182 cm³/mol. The molecule has 0 aliphatic carbocycles. The fourth-order valence-corrected chi connectivity index (χ4v) is 6.55. The van der Waals surface area contributed by atoms with Crippen molar-refractivity contribution in [3.05, 3.63) is 0 Å². The lowest BCUT2D eigenvalue weighted by Crippen LogP contribution is -2.01. The Labute approximate surface area is 251 Å². The average molecular weight is 549 g/mol. The maximum atomic E-state index is 2.33. The van der Waals surface area contributed by atoms with Crippen LogP contribution < -0.4 is 0 Å². The van der Waals surface area contributed by atoms with Crippen molar-refractivity contribution < 1.29 is 0 Å². The molecule has 0 aliphatic rings. The van der Waals surface area contributed by atoms with E-state index in [2.05, 4.69) is 20.8 Å². The molecular formula is C39H80. The molecule has 0 nitrogen and oxygen atoms in total. The zero-order valence-corrected chi connectivity index (χ0v) is 28.3. The summed E-state index contributed by atoms with van der Waals surface area (Å²) in [6.45, 7) is 6.97. The maximum Gasteiger partial charge on any atom is -0.0414 e. The molecule has 0 amide bonds. The largest absolute Gasteiger partial charge is 0.0654 e. The van der Waals surface area contributed by atoms with Crippen molar-refractivity contribution in [2.24, 2.45) is 5.92 Å². The summed E-state index contributed by atoms with van der Waals surface area (Å²) in [5.74, 6) is 1.04. The highest BCUT2D eigenvalue weighted by Gasteiger charge is 2.09. The molecule has 0 heteroatoms. The Morgan fingerprint density at radius 3 is 0.538 bits per heavy atom. The molecule has 0 rings (SSSR count). The summed E-state index contributed by atoms with van der Waals surface area (Å²) in [6, 6.07) is 0. The normalized spacial score (nSPS) is 11.7. The van der Waals surface area contributed by atoms with Crippen molar-refractivity contribution in [1.29, 1.82) is 0 Å². The summed E-state index contributed by atoms with van der Waals surface area (Å²) in [4.78, 5) is 0. The molecule has 0 aliphatic heterocycles. The quantitative estimate of drug-likeness (QED) is 0.0691. The van der Waals surface area contributed by atoms with E-state index in [-0.39, 0.29) is 0 Å². The summed E-state index contributed by atoms with van der Waals surface area (Å²) < 4.78 is 0.